The molecule has 2 rings (SSSR count). The molecule has 2 atom stereocenters. The maximum Gasteiger partial charge on any atom is 0.326 e. The number of hydrogen-bond acceptors (Lipinski definition) is 4. The van der Waals surface area contributed by atoms with Crippen LogP contribution in [0.5, 0.6) is 0 Å². The topological polar surface area (TPSA) is 108 Å². The monoisotopic (exact) mass is 322 g/mol. The van der Waals surface area contributed by atoms with E-state index in [9.17, 15) is 19.5 Å². The normalized spacial score (nSPS) is 19.2. The number of nitrogens with one attached hydrogen (secondary N) is 2. The van der Waals surface area contributed by atoms with Gasteiger partial charge in [0.15, 0.2) is 5.78 Å². The summed E-state index contributed by atoms with van der Waals surface area (Å²) in [7, 11) is 0. The highest BCUT2D eigenvalue weighted by Crippen LogP contribution is 2.21. The molecule has 1 aromatic heterocycles. The quantitative estimate of drug-likeness (QED) is 0.711. The molecule has 3 N–H and O–H groups in total. The van der Waals surface area contributed by atoms with Crippen LogP contribution in [0, 0.1) is 19.8 Å². The lowest BCUT2D eigenvalue weighted by Crippen LogP contribution is -2.48. The molecule has 1 aromatic rings. The fraction of sp³-hybridized carbons (Fsp3) is 0.562. The van der Waals surface area contributed by atoms with Gasteiger partial charge in [0.05, 0.1) is 6.61 Å². The summed E-state index contributed by atoms with van der Waals surface area (Å²) in [5, 5.41) is 12.0. The van der Waals surface area contributed by atoms with Crippen LogP contribution >= 0.6 is 0 Å². The summed E-state index contributed by atoms with van der Waals surface area (Å²) in [6.45, 7) is 5.76. The van der Waals surface area contributed by atoms with Crippen molar-refractivity contribution in [3.63, 3.8) is 0 Å². The van der Waals surface area contributed by atoms with Gasteiger partial charge in [0.2, 0.25) is 0 Å². The van der Waals surface area contributed by atoms with Gasteiger partial charge in [-0.15, -0.1) is 0 Å². The highest BCUT2D eigenvalue weighted by atomic mass is 16.5. The van der Waals surface area contributed by atoms with E-state index in [-0.39, 0.29) is 17.4 Å². The second kappa shape index (κ2) is 6.95. The first-order valence-electron chi connectivity index (χ1n) is 7.64. The lowest BCUT2D eigenvalue weighted by Gasteiger charge is -2.28. The van der Waals surface area contributed by atoms with Gasteiger partial charge in [-0.25, -0.2) is 4.79 Å². The minimum atomic E-state index is -1.08. The molecular formula is C16H22N2O5. The number of aliphatic carboxylic acids is 1. The molecule has 1 aliphatic rings. The Hall–Kier alpha value is -2.15. The number of aryl methyl sites for hydroxylation is 1. The summed E-state index contributed by atoms with van der Waals surface area (Å²) in [6.07, 6.45) is 1.47. The Morgan fingerprint density at radius 3 is 2.52 bits per heavy atom. The van der Waals surface area contributed by atoms with E-state index in [1.807, 2.05) is 0 Å². The van der Waals surface area contributed by atoms with Crippen molar-refractivity contribution in [2.75, 3.05) is 13.2 Å². The predicted octanol–water partition coefficient (Wildman–Crippen LogP) is 1.44. The molecule has 0 aromatic carbocycles. The summed E-state index contributed by atoms with van der Waals surface area (Å²) in [6, 6.07) is -1.01. The molecule has 2 unspecified atom stereocenters. The highest BCUT2D eigenvalue weighted by Gasteiger charge is 2.32. The molecule has 1 fully saturated rings. The number of hydrogen-bond donors (Lipinski definition) is 3. The predicted molar refractivity (Wildman–Crippen MR) is 82.7 cm³/mol. The van der Waals surface area contributed by atoms with Crippen molar-refractivity contribution in [1.82, 2.24) is 10.3 Å². The van der Waals surface area contributed by atoms with E-state index in [2.05, 4.69) is 10.3 Å². The third-order valence-electron chi connectivity index (χ3n) is 4.24. The van der Waals surface area contributed by atoms with Crippen molar-refractivity contribution < 1.29 is 24.2 Å². The molecule has 1 saturated heterocycles. The fourth-order valence-electron chi connectivity index (χ4n) is 3.13. The molecule has 7 nitrogen and oxygen atoms in total. The molecular weight excluding hydrogens is 300 g/mol. The second-order valence-corrected chi connectivity index (χ2v) is 5.95. The molecule has 0 radical (unpaired) electrons. The van der Waals surface area contributed by atoms with Crippen molar-refractivity contribution in [1.29, 1.82) is 0 Å². The fourth-order valence-corrected chi connectivity index (χ4v) is 3.13. The molecule has 0 aliphatic carbocycles. The maximum absolute atomic E-state index is 12.5. The first-order chi connectivity index (χ1) is 10.8. The van der Waals surface area contributed by atoms with Crippen LogP contribution in [0.15, 0.2) is 0 Å². The van der Waals surface area contributed by atoms with Gasteiger partial charge >= 0.3 is 5.97 Å². The summed E-state index contributed by atoms with van der Waals surface area (Å²) >= 11 is 0. The summed E-state index contributed by atoms with van der Waals surface area (Å²) in [4.78, 5) is 38.5. The molecule has 7 heteroatoms. The van der Waals surface area contributed by atoms with Crippen molar-refractivity contribution in [3.8, 4) is 0 Å². The average molecular weight is 322 g/mol. The standard InChI is InChI=1S/C16H22N2O5/c1-8-12(10(3)19)9(2)17-13(8)15(20)18-14(16(21)22)11-5-4-6-23-7-11/h11,14,17H,4-7H2,1-3H3,(H,18,20)(H,21,22). The number of carboxylic acid groups (broad SMARTS) is 1. The molecule has 126 valence electrons. The lowest BCUT2D eigenvalue weighted by molar-refractivity contribution is -0.142. The van der Waals surface area contributed by atoms with Gasteiger partial charge in [-0.3, -0.25) is 9.59 Å². The molecule has 0 spiro atoms. The zero-order valence-corrected chi connectivity index (χ0v) is 13.6. The molecule has 2 heterocycles. The maximum atomic E-state index is 12.5. The number of carbonyl (C=O) groups is 3. The van der Waals surface area contributed by atoms with Gasteiger partial charge in [-0.05, 0) is 39.2 Å². The van der Waals surface area contributed by atoms with E-state index < -0.39 is 17.9 Å². The van der Waals surface area contributed by atoms with Crippen LogP contribution in [0.2, 0.25) is 0 Å². The number of carboxylic acids is 1. The number of ketones is 1. The smallest absolute Gasteiger partial charge is 0.326 e. The van der Waals surface area contributed by atoms with Gasteiger partial charge in [0.25, 0.3) is 5.91 Å². The second-order valence-electron chi connectivity index (χ2n) is 5.95. The van der Waals surface area contributed by atoms with Crippen molar-refractivity contribution in [2.24, 2.45) is 5.92 Å². The Balaban J connectivity index is 2.20. The number of aromatic amines is 1. The molecule has 1 amide bonds. The largest absolute Gasteiger partial charge is 0.480 e. The first-order valence-corrected chi connectivity index (χ1v) is 7.64. The number of aromatic nitrogens is 1. The minimum Gasteiger partial charge on any atom is -0.480 e. The van der Waals surface area contributed by atoms with Crippen LogP contribution in [-0.4, -0.2) is 47.0 Å². The van der Waals surface area contributed by atoms with Crippen LogP contribution in [-0.2, 0) is 9.53 Å². The van der Waals surface area contributed by atoms with Crippen LogP contribution in [0.25, 0.3) is 0 Å². The zero-order valence-electron chi connectivity index (χ0n) is 13.6. The Kier molecular flexibility index (Phi) is 5.20. The van der Waals surface area contributed by atoms with Crippen LogP contribution in [0.1, 0.15) is 51.9 Å². The first kappa shape index (κ1) is 17.2. The van der Waals surface area contributed by atoms with Gasteiger partial charge in [0.1, 0.15) is 11.7 Å². The Morgan fingerprint density at radius 2 is 2.04 bits per heavy atom. The van der Waals surface area contributed by atoms with Crippen LogP contribution in [0.3, 0.4) is 0 Å². The highest BCUT2D eigenvalue weighted by molar-refractivity contribution is 6.03. The van der Waals surface area contributed by atoms with Gasteiger partial charge in [-0.2, -0.15) is 0 Å². The molecule has 0 saturated carbocycles. The number of H-pyrrole nitrogens is 1. The summed E-state index contributed by atoms with van der Waals surface area (Å²) < 4.78 is 5.31. The Morgan fingerprint density at radius 1 is 1.35 bits per heavy atom. The van der Waals surface area contributed by atoms with Crippen LogP contribution < -0.4 is 5.32 Å². The number of ether oxygens (including phenoxy) is 1. The van der Waals surface area contributed by atoms with E-state index >= 15 is 0 Å². The molecule has 23 heavy (non-hydrogen) atoms. The number of rotatable bonds is 5. The Bertz CT molecular complexity index is 629. The van der Waals surface area contributed by atoms with E-state index in [1.165, 1.54) is 6.92 Å². The number of Topliss-reactive ketones (excluding diaryl/α,β-unsaturated/α-hetero) is 1. The van der Waals surface area contributed by atoms with Gasteiger partial charge < -0.3 is 20.1 Å². The third-order valence-corrected chi connectivity index (χ3v) is 4.24. The zero-order chi connectivity index (χ0) is 17.1. The van der Waals surface area contributed by atoms with Gasteiger partial charge in [0, 0.05) is 23.8 Å². The van der Waals surface area contributed by atoms with E-state index in [1.54, 1.807) is 13.8 Å². The number of carbonyl (C=O) groups excluding carboxylic acids is 2. The van der Waals surface area contributed by atoms with Crippen molar-refractivity contribution in [2.45, 2.75) is 39.7 Å². The van der Waals surface area contributed by atoms with Crippen molar-refractivity contribution >= 4 is 17.7 Å². The SMILES string of the molecule is CC(=O)c1c(C)[nH]c(C(=O)NC(C(=O)O)C2CCCOC2)c1C. The van der Waals surface area contributed by atoms with Crippen molar-refractivity contribution in [3.05, 3.63) is 22.5 Å². The van der Waals surface area contributed by atoms with E-state index in [0.29, 0.717) is 36.5 Å². The van der Waals surface area contributed by atoms with E-state index in [4.69, 9.17) is 4.74 Å². The molecule has 0 bridgehead atoms. The molecule has 1 aliphatic heterocycles. The number of amides is 1. The lowest BCUT2D eigenvalue weighted by atomic mass is 9.93. The minimum absolute atomic E-state index is 0.134. The third kappa shape index (κ3) is 3.61. The Labute approximate surface area is 134 Å². The van der Waals surface area contributed by atoms with E-state index in [0.717, 1.165) is 6.42 Å². The van der Waals surface area contributed by atoms with Crippen LogP contribution in [0.4, 0.5) is 0 Å². The average Bonchev–Trinajstić information content (AvgIpc) is 2.80. The summed E-state index contributed by atoms with van der Waals surface area (Å²) in [5.74, 6) is -1.99. The van der Waals surface area contributed by atoms with Gasteiger partial charge in [-0.1, -0.05) is 0 Å². The summed E-state index contributed by atoms with van der Waals surface area (Å²) in [5.41, 5.74) is 1.85.